The van der Waals surface area contributed by atoms with Crippen molar-refractivity contribution < 1.29 is 32.2 Å². The van der Waals surface area contributed by atoms with Crippen LogP contribution < -0.4 is 20.9 Å². The van der Waals surface area contributed by atoms with E-state index in [0.717, 1.165) is 6.07 Å². The van der Waals surface area contributed by atoms with Crippen LogP contribution in [0.15, 0.2) is 45.4 Å². The molecule has 14 heteroatoms. The number of carbonyl (C=O) groups excluding carboxylic acids is 2. The van der Waals surface area contributed by atoms with Crippen molar-refractivity contribution in [2.75, 3.05) is 7.11 Å². The molecule has 0 saturated heterocycles. The van der Waals surface area contributed by atoms with E-state index in [-0.39, 0.29) is 45.1 Å². The van der Waals surface area contributed by atoms with Crippen LogP contribution in [-0.2, 0) is 0 Å². The van der Waals surface area contributed by atoms with Crippen LogP contribution in [0.25, 0.3) is 22.5 Å². The molecule has 0 saturated carbocycles. The third-order valence-electron chi connectivity index (χ3n) is 5.14. The number of aryl methyl sites for hydroxylation is 1. The molecule has 0 spiro atoms. The van der Waals surface area contributed by atoms with Crippen LogP contribution in [0.4, 0.5) is 13.6 Å². The number of rotatable bonds is 6. The maximum absolute atomic E-state index is 15.1. The molecule has 0 radical (unpaired) electrons. The van der Waals surface area contributed by atoms with E-state index in [9.17, 15) is 14.0 Å². The second-order valence-corrected chi connectivity index (χ2v) is 8.13. The van der Waals surface area contributed by atoms with Gasteiger partial charge in [-0.25, -0.2) is 19.0 Å². The van der Waals surface area contributed by atoms with Gasteiger partial charge in [-0.15, -0.1) is 0 Å². The van der Waals surface area contributed by atoms with Gasteiger partial charge in [0.15, 0.2) is 0 Å². The van der Waals surface area contributed by atoms with E-state index < -0.39 is 29.6 Å². The number of amides is 3. The molecule has 3 amide bonds. The Morgan fingerprint density at radius 2 is 1.84 bits per heavy atom. The highest BCUT2D eigenvalue weighted by molar-refractivity contribution is 6.31. The maximum Gasteiger partial charge on any atom is 0.333 e. The number of aromatic nitrogens is 3. The van der Waals surface area contributed by atoms with Gasteiger partial charge in [-0.1, -0.05) is 28.9 Å². The van der Waals surface area contributed by atoms with Crippen LogP contribution in [0.2, 0.25) is 5.02 Å². The minimum atomic E-state index is -0.817. The second-order valence-electron chi connectivity index (χ2n) is 7.69. The second kappa shape index (κ2) is 10.6. The number of urea groups is 1. The summed E-state index contributed by atoms with van der Waals surface area (Å²) < 4.78 is 44.4. The Morgan fingerprint density at radius 3 is 2.49 bits per heavy atom. The van der Waals surface area contributed by atoms with Gasteiger partial charge in [0.2, 0.25) is 17.5 Å². The Bertz CT molecular complexity index is 1470. The minimum absolute atomic E-state index is 0.000861. The van der Waals surface area contributed by atoms with Gasteiger partial charge in [0, 0.05) is 17.5 Å². The molecule has 1 atom stereocenters. The van der Waals surface area contributed by atoms with Gasteiger partial charge in [-0.3, -0.25) is 10.2 Å². The van der Waals surface area contributed by atoms with E-state index in [4.69, 9.17) is 25.4 Å². The SMILES string of the molecule is COc1cc(C(=O)NNC(=O)NC(C)c2ccc(-c3cc(Cl)cc(F)c3-c3noc(C)n3)cc2F)on1. The third-order valence-corrected chi connectivity index (χ3v) is 5.36. The molecule has 0 aliphatic heterocycles. The summed E-state index contributed by atoms with van der Waals surface area (Å²) in [5, 5.41) is 9.81. The largest absolute Gasteiger partial charge is 0.479 e. The number of hydrogen-bond acceptors (Lipinski definition) is 8. The molecule has 37 heavy (non-hydrogen) atoms. The smallest absolute Gasteiger partial charge is 0.333 e. The fourth-order valence-corrected chi connectivity index (χ4v) is 3.63. The van der Waals surface area contributed by atoms with Gasteiger partial charge in [-0.2, -0.15) is 4.98 Å². The van der Waals surface area contributed by atoms with Crippen LogP contribution in [0.5, 0.6) is 5.88 Å². The molecule has 192 valence electrons. The Kier molecular flexibility index (Phi) is 7.34. The fourth-order valence-electron chi connectivity index (χ4n) is 3.42. The van der Waals surface area contributed by atoms with E-state index in [0.29, 0.717) is 5.56 Å². The highest BCUT2D eigenvalue weighted by atomic mass is 35.5. The molecule has 0 aliphatic carbocycles. The summed E-state index contributed by atoms with van der Waals surface area (Å²) in [5.74, 6) is -2.06. The first-order chi connectivity index (χ1) is 17.7. The first-order valence-electron chi connectivity index (χ1n) is 10.6. The normalized spacial score (nSPS) is 11.6. The topological polar surface area (TPSA) is 144 Å². The predicted octanol–water partition coefficient (Wildman–Crippen LogP) is 4.35. The molecule has 11 nitrogen and oxygen atoms in total. The van der Waals surface area contributed by atoms with E-state index in [1.165, 1.54) is 44.4 Å². The zero-order chi connectivity index (χ0) is 26.7. The molecule has 4 aromatic rings. The van der Waals surface area contributed by atoms with Crippen LogP contribution >= 0.6 is 11.6 Å². The van der Waals surface area contributed by atoms with Crippen molar-refractivity contribution in [1.82, 2.24) is 31.5 Å². The summed E-state index contributed by atoms with van der Waals surface area (Å²) in [5.41, 5.74) is 4.92. The lowest BCUT2D eigenvalue weighted by atomic mass is 9.96. The van der Waals surface area contributed by atoms with Gasteiger partial charge in [0.05, 0.1) is 24.8 Å². The van der Waals surface area contributed by atoms with Crippen LogP contribution in [0, 0.1) is 18.6 Å². The summed E-state index contributed by atoms with van der Waals surface area (Å²) in [6.07, 6.45) is 0. The molecule has 0 bridgehead atoms. The number of methoxy groups -OCH3 is 1. The average Bonchev–Trinajstić information content (AvgIpc) is 3.51. The summed E-state index contributed by atoms with van der Waals surface area (Å²) in [4.78, 5) is 28.2. The quantitative estimate of drug-likeness (QED) is 0.311. The number of nitrogens with one attached hydrogen (secondary N) is 3. The van der Waals surface area contributed by atoms with E-state index in [2.05, 4.69) is 31.5 Å². The standard InChI is InChI=1S/C23H19ClF2N6O5/c1-10(27-23(34)30-29-22(33)18-9-19(35-3)31-37-18)14-5-4-12(6-16(14)25)15-7-13(24)8-17(26)20(15)21-28-11(2)36-32-21/h4-10H,1-3H3,(H,29,33)(H2,27,30,34). The van der Waals surface area contributed by atoms with Gasteiger partial charge in [0.25, 0.3) is 5.88 Å². The fraction of sp³-hybridized carbons (Fsp3) is 0.174. The third kappa shape index (κ3) is 5.67. The van der Waals surface area contributed by atoms with Crippen molar-refractivity contribution in [3.8, 4) is 28.4 Å². The molecule has 2 aromatic carbocycles. The molecular formula is C23H19ClF2N6O5. The van der Waals surface area contributed by atoms with E-state index >= 15 is 4.39 Å². The number of ether oxygens (including phenoxy) is 1. The monoisotopic (exact) mass is 532 g/mol. The zero-order valence-corrected chi connectivity index (χ0v) is 20.3. The van der Waals surface area contributed by atoms with Crippen LogP contribution in [-0.4, -0.2) is 34.3 Å². The molecule has 2 heterocycles. The molecule has 2 aromatic heterocycles. The van der Waals surface area contributed by atoms with Crippen LogP contribution in [0.1, 0.15) is 35.0 Å². The Labute approximate surface area is 213 Å². The highest BCUT2D eigenvalue weighted by Gasteiger charge is 2.21. The summed E-state index contributed by atoms with van der Waals surface area (Å²) in [6.45, 7) is 3.09. The molecule has 4 rings (SSSR count). The summed E-state index contributed by atoms with van der Waals surface area (Å²) >= 11 is 6.05. The lowest BCUT2D eigenvalue weighted by molar-refractivity contribution is 0.0898. The summed E-state index contributed by atoms with van der Waals surface area (Å²) in [7, 11) is 1.35. The lowest BCUT2D eigenvalue weighted by Crippen LogP contribution is -2.47. The first-order valence-corrected chi connectivity index (χ1v) is 11.0. The number of benzene rings is 2. The van der Waals surface area contributed by atoms with Gasteiger partial charge in [-0.05, 0) is 41.4 Å². The van der Waals surface area contributed by atoms with Crippen molar-refractivity contribution in [2.45, 2.75) is 19.9 Å². The van der Waals surface area contributed by atoms with Crippen molar-refractivity contribution in [3.05, 3.63) is 70.3 Å². The molecule has 3 N–H and O–H groups in total. The molecule has 0 fully saturated rings. The van der Waals surface area contributed by atoms with Gasteiger partial charge < -0.3 is 19.1 Å². The van der Waals surface area contributed by atoms with Crippen molar-refractivity contribution in [3.63, 3.8) is 0 Å². The van der Waals surface area contributed by atoms with Gasteiger partial charge in [0.1, 0.15) is 11.6 Å². The Hall–Kier alpha value is -4.52. The number of halogens is 3. The Balaban J connectivity index is 1.48. The predicted molar refractivity (Wildman–Crippen MR) is 125 cm³/mol. The first kappa shape index (κ1) is 25.6. The van der Waals surface area contributed by atoms with Crippen molar-refractivity contribution >= 4 is 23.5 Å². The summed E-state index contributed by atoms with van der Waals surface area (Å²) in [6, 6.07) is 6.29. The van der Waals surface area contributed by atoms with Crippen molar-refractivity contribution in [2.24, 2.45) is 0 Å². The molecule has 1 unspecified atom stereocenters. The van der Waals surface area contributed by atoms with Crippen LogP contribution in [0.3, 0.4) is 0 Å². The van der Waals surface area contributed by atoms with E-state index in [1.54, 1.807) is 6.92 Å². The number of nitrogens with zero attached hydrogens (tertiary/aromatic N) is 3. The molecule has 0 aliphatic rings. The lowest BCUT2D eigenvalue weighted by Gasteiger charge is -2.17. The van der Waals surface area contributed by atoms with E-state index in [1.807, 2.05) is 0 Å². The number of hydrazine groups is 1. The average molecular weight is 533 g/mol. The Morgan fingerprint density at radius 1 is 1.05 bits per heavy atom. The number of hydrogen-bond donors (Lipinski definition) is 3. The number of carbonyl (C=O) groups is 2. The zero-order valence-electron chi connectivity index (χ0n) is 19.6. The molecular weight excluding hydrogens is 514 g/mol. The van der Waals surface area contributed by atoms with Gasteiger partial charge >= 0.3 is 11.9 Å². The highest BCUT2D eigenvalue weighted by Crippen LogP contribution is 2.36. The van der Waals surface area contributed by atoms with Crippen molar-refractivity contribution in [1.29, 1.82) is 0 Å². The minimum Gasteiger partial charge on any atom is -0.479 e. The maximum atomic E-state index is 15.1.